The fourth-order valence-corrected chi connectivity index (χ4v) is 11.9. The topological polar surface area (TPSA) is 91.7 Å². The molecule has 4 saturated carbocycles. The minimum atomic E-state index is -1.76. The standard InChI is InChI=1S/C35H61N3O5Si/c1-23(36-42-32(41)37(7)22-25-11-10-20-38(25)31(39)40)28-14-15-29-27-13-12-24-21-26(43-44(8,9)33(2,3)4)16-18-34(24,5)30(27)17-19-35(28,29)6/h24-30H,10-22H2,1-9H3,(H,39,40)/t24?,25-,26-,27-,28+,29-,30-,34-,35+/m0/s1. The van der Waals surface area contributed by atoms with Crippen LogP contribution >= 0.6 is 0 Å². The first-order chi connectivity index (χ1) is 20.5. The number of fused-ring (bicyclic) bond motifs is 5. The monoisotopic (exact) mass is 631 g/mol. The van der Waals surface area contributed by atoms with Crippen molar-refractivity contribution in [2.75, 3.05) is 20.1 Å². The number of hydrogen-bond acceptors (Lipinski definition) is 5. The number of carbonyl (C=O) groups excluding carboxylic acids is 1. The molecule has 0 aromatic carbocycles. The molecule has 2 amide bonds. The summed E-state index contributed by atoms with van der Waals surface area (Å²) in [6.07, 6.45) is 11.9. The minimum Gasteiger partial charge on any atom is -0.465 e. The number of carbonyl (C=O) groups is 2. The van der Waals surface area contributed by atoms with Gasteiger partial charge in [-0.2, -0.15) is 0 Å². The van der Waals surface area contributed by atoms with Crippen LogP contribution in [0.1, 0.15) is 112 Å². The second-order valence-electron chi connectivity index (χ2n) is 17.3. The third-order valence-electron chi connectivity index (χ3n) is 14.1. The third kappa shape index (κ3) is 6.10. The van der Waals surface area contributed by atoms with E-state index >= 15 is 0 Å². The maximum absolute atomic E-state index is 12.8. The Balaban J connectivity index is 1.19. The van der Waals surface area contributed by atoms with Crippen LogP contribution in [0, 0.1) is 40.4 Å². The van der Waals surface area contributed by atoms with Gasteiger partial charge in [0.05, 0.1) is 11.8 Å². The summed E-state index contributed by atoms with van der Waals surface area (Å²) in [5, 5.41) is 14.1. The van der Waals surface area contributed by atoms with Crippen LogP contribution in [0.4, 0.5) is 9.59 Å². The maximum atomic E-state index is 12.8. The number of likely N-dealkylation sites (tertiary alicyclic amines) is 1. The summed E-state index contributed by atoms with van der Waals surface area (Å²) >= 11 is 0. The highest BCUT2D eigenvalue weighted by Gasteiger charge is 2.61. The van der Waals surface area contributed by atoms with Gasteiger partial charge in [0.1, 0.15) is 0 Å². The molecule has 44 heavy (non-hydrogen) atoms. The summed E-state index contributed by atoms with van der Waals surface area (Å²) in [6.45, 7) is 19.9. The Morgan fingerprint density at radius 1 is 1.00 bits per heavy atom. The van der Waals surface area contributed by atoms with Crippen molar-refractivity contribution in [3.63, 3.8) is 0 Å². The van der Waals surface area contributed by atoms with E-state index in [1.54, 1.807) is 7.05 Å². The highest BCUT2D eigenvalue weighted by atomic mass is 28.4. The summed E-state index contributed by atoms with van der Waals surface area (Å²) < 4.78 is 6.96. The lowest BCUT2D eigenvalue weighted by Crippen LogP contribution is -2.55. The van der Waals surface area contributed by atoms with Crippen molar-refractivity contribution in [2.24, 2.45) is 45.6 Å². The van der Waals surface area contributed by atoms with Crippen LogP contribution in [0.5, 0.6) is 0 Å². The average Bonchev–Trinajstić information content (AvgIpc) is 3.55. The molecule has 9 atom stereocenters. The van der Waals surface area contributed by atoms with Crippen molar-refractivity contribution >= 4 is 26.2 Å². The molecule has 5 rings (SSSR count). The molecule has 1 N–H and O–H groups in total. The summed E-state index contributed by atoms with van der Waals surface area (Å²) in [4.78, 5) is 32.7. The molecule has 5 aliphatic rings. The fourth-order valence-electron chi connectivity index (χ4n) is 10.5. The Labute approximate surface area is 267 Å². The highest BCUT2D eigenvalue weighted by molar-refractivity contribution is 6.74. The van der Waals surface area contributed by atoms with E-state index in [4.69, 9.17) is 9.26 Å². The van der Waals surface area contributed by atoms with E-state index in [2.05, 4.69) is 52.9 Å². The Hall–Kier alpha value is -1.61. The number of amides is 2. The smallest absolute Gasteiger partial charge is 0.435 e. The number of rotatable bonds is 6. The Kier molecular flexibility index (Phi) is 9.36. The molecular formula is C35H61N3O5Si. The molecular weight excluding hydrogens is 570 g/mol. The van der Waals surface area contributed by atoms with Crippen LogP contribution in [-0.2, 0) is 9.26 Å². The zero-order valence-corrected chi connectivity index (χ0v) is 30.2. The van der Waals surface area contributed by atoms with Gasteiger partial charge in [0, 0.05) is 32.2 Å². The van der Waals surface area contributed by atoms with E-state index in [-0.39, 0.29) is 16.5 Å². The predicted octanol–water partition coefficient (Wildman–Crippen LogP) is 8.62. The molecule has 1 saturated heterocycles. The van der Waals surface area contributed by atoms with Crippen LogP contribution in [-0.4, -0.2) is 73.4 Å². The second-order valence-corrected chi connectivity index (χ2v) is 22.1. The summed E-state index contributed by atoms with van der Waals surface area (Å²) in [7, 11) is -0.0880. The van der Waals surface area contributed by atoms with Gasteiger partial charge >= 0.3 is 12.2 Å². The zero-order chi connectivity index (χ0) is 32.2. The molecule has 4 aliphatic carbocycles. The number of likely N-dealkylation sites (N-methyl/N-ethyl adjacent to an activating group) is 1. The van der Waals surface area contributed by atoms with Crippen molar-refractivity contribution in [2.45, 2.75) is 142 Å². The molecule has 1 aliphatic heterocycles. The average molecular weight is 632 g/mol. The van der Waals surface area contributed by atoms with E-state index in [1.807, 2.05) is 6.92 Å². The SMILES string of the molecule is CC(=NOC(=O)N(C)C[C@@H]1CCCN1C(=O)O)[C@H]1CC[C@H]2[C@@H]3CCC4C[C@@H](O[Si](C)(C)C(C)(C)C)CC[C@]4(C)[C@H]3CC[C@]12C. The Morgan fingerprint density at radius 2 is 1.68 bits per heavy atom. The van der Waals surface area contributed by atoms with Crippen LogP contribution in [0.2, 0.25) is 18.1 Å². The van der Waals surface area contributed by atoms with Crippen molar-refractivity contribution in [3.05, 3.63) is 0 Å². The molecule has 0 radical (unpaired) electrons. The number of oxime groups is 1. The van der Waals surface area contributed by atoms with Gasteiger partial charge in [-0.05, 0) is 130 Å². The molecule has 0 aromatic rings. The van der Waals surface area contributed by atoms with Crippen LogP contribution in [0.25, 0.3) is 0 Å². The summed E-state index contributed by atoms with van der Waals surface area (Å²) in [6, 6.07) is -0.184. The van der Waals surface area contributed by atoms with E-state index in [9.17, 15) is 14.7 Å². The number of hydrogen-bond donors (Lipinski definition) is 1. The van der Waals surface area contributed by atoms with E-state index < -0.39 is 20.5 Å². The Morgan fingerprint density at radius 3 is 2.36 bits per heavy atom. The number of nitrogens with zero attached hydrogens (tertiary/aromatic N) is 3. The number of carboxylic acid groups (broad SMARTS) is 1. The molecule has 0 spiro atoms. The normalized spacial score (nSPS) is 39.3. The molecule has 250 valence electrons. The Bertz CT molecular complexity index is 1120. The van der Waals surface area contributed by atoms with Crippen LogP contribution in [0.15, 0.2) is 5.16 Å². The van der Waals surface area contributed by atoms with Crippen LogP contribution in [0.3, 0.4) is 0 Å². The minimum absolute atomic E-state index is 0.184. The zero-order valence-electron chi connectivity index (χ0n) is 29.2. The summed E-state index contributed by atoms with van der Waals surface area (Å²) in [5.41, 5.74) is 1.56. The van der Waals surface area contributed by atoms with Gasteiger partial charge in [0.25, 0.3) is 0 Å². The van der Waals surface area contributed by atoms with Gasteiger partial charge in [-0.25, -0.2) is 9.59 Å². The van der Waals surface area contributed by atoms with E-state index in [1.165, 1.54) is 61.2 Å². The van der Waals surface area contributed by atoms with Gasteiger partial charge in [-0.3, -0.25) is 4.84 Å². The molecule has 8 nitrogen and oxygen atoms in total. The van der Waals surface area contributed by atoms with Crippen molar-refractivity contribution < 1.29 is 24.0 Å². The first-order valence-electron chi connectivity index (χ1n) is 17.6. The lowest BCUT2D eigenvalue weighted by Gasteiger charge is -2.61. The molecule has 1 heterocycles. The van der Waals surface area contributed by atoms with Gasteiger partial charge in [-0.1, -0.05) is 39.8 Å². The van der Waals surface area contributed by atoms with Crippen molar-refractivity contribution in [3.8, 4) is 0 Å². The van der Waals surface area contributed by atoms with Gasteiger partial charge in [0.15, 0.2) is 8.32 Å². The van der Waals surface area contributed by atoms with Gasteiger partial charge in [-0.15, -0.1) is 0 Å². The first kappa shape index (κ1) is 33.7. The second kappa shape index (κ2) is 12.2. The first-order valence-corrected chi connectivity index (χ1v) is 20.5. The highest BCUT2D eigenvalue weighted by Crippen LogP contribution is 2.67. The largest absolute Gasteiger partial charge is 0.465 e. The van der Waals surface area contributed by atoms with Crippen LogP contribution < -0.4 is 0 Å². The lowest BCUT2D eigenvalue weighted by molar-refractivity contribution is -0.122. The van der Waals surface area contributed by atoms with E-state index in [0.29, 0.717) is 36.4 Å². The van der Waals surface area contributed by atoms with Gasteiger partial charge in [0.2, 0.25) is 0 Å². The molecule has 0 bridgehead atoms. The van der Waals surface area contributed by atoms with E-state index in [0.717, 1.165) is 42.7 Å². The third-order valence-corrected chi connectivity index (χ3v) is 18.6. The summed E-state index contributed by atoms with van der Waals surface area (Å²) in [5.74, 6) is 3.40. The van der Waals surface area contributed by atoms with Crippen molar-refractivity contribution in [1.29, 1.82) is 0 Å². The predicted molar refractivity (Wildman–Crippen MR) is 177 cm³/mol. The van der Waals surface area contributed by atoms with Gasteiger partial charge < -0.3 is 19.3 Å². The lowest BCUT2D eigenvalue weighted by atomic mass is 9.44. The fraction of sp³-hybridized carbons (Fsp3) is 0.914. The van der Waals surface area contributed by atoms with Crippen molar-refractivity contribution in [1.82, 2.24) is 9.80 Å². The quantitative estimate of drug-likeness (QED) is 0.137. The molecule has 9 heteroatoms. The maximum Gasteiger partial charge on any atom is 0.435 e. The molecule has 1 unspecified atom stereocenters. The molecule has 0 aromatic heterocycles. The molecule has 5 fully saturated rings.